The maximum Gasteiger partial charge on any atom is 0.134 e. The van der Waals surface area contributed by atoms with E-state index in [-0.39, 0.29) is 0 Å². The molecule has 0 aliphatic rings. The SMILES string of the molecule is CCC(=NO)C(=NO)c1ccccc1. The van der Waals surface area contributed by atoms with Gasteiger partial charge in [-0.2, -0.15) is 0 Å². The van der Waals surface area contributed by atoms with Crippen LogP contribution in [0.2, 0.25) is 0 Å². The molecule has 1 aromatic rings. The summed E-state index contributed by atoms with van der Waals surface area (Å²) >= 11 is 0. The highest BCUT2D eigenvalue weighted by Gasteiger charge is 2.10. The van der Waals surface area contributed by atoms with Crippen LogP contribution in [0.3, 0.4) is 0 Å². The van der Waals surface area contributed by atoms with Crippen molar-refractivity contribution in [1.82, 2.24) is 0 Å². The first-order valence-electron chi connectivity index (χ1n) is 4.32. The van der Waals surface area contributed by atoms with Crippen molar-refractivity contribution in [2.45, 2.75) is 13.3 Å². The molecule has 14 heavy (non-hydrogen) atoms. The van der Waals surface area contributed by atoms with Crippen molar-refractivity contribution >= 4 is 11.4 Å². The van der Waals surface area contributed by atoms with Gasteiger partial charge >= 0.3 is 0 Å². The van der Waals surface area contributed by atoms with Crippen molar-refractivity contribution in [2.75, 3.05) is 0 Å². The molecule has 4 nitrogen and oxygen atoms in total. The van der Waals surface area contributed by atoms with E-state index < -0.39 is 0 Å². The average Bonchev–Trinajstić information content (AvgIpc) is 2.27. The molecule has 0 radical (unpaired) electrons. The Morgan fingerprint density at radius 1 is 1.14 bits per heavy atom. The van der Waals surface area contributed by atoms with Crippen LogP contribution in [0.25, 0.3) is 0 Å². The van der Waals surface area contributed by atoms with Crippen molar-refractivity contribution in [2.24, 2.45) is 10.3 Å². The Hall–Kier alpha value is -1.84. The second-order valence-corrected chi connectivity index (χ2v) is 2.71. The van der Waals surface area contributed by atoms with E-state index in [9.17, 15) is 0 Å². The molecule has 0 spiro atoms. The van der Waals surface area contributed by atoms with Gasteiger partial charge < -0.3 is 10.4 Å². The molecule has 0 saturated carbocycles. The lowest BCUT2D eigenvalue weighted by atomic mass is 10.0. The molecule has 0 aromatic heterocycles. The third-order valence-corrected chi connectivity index (χ3v) is 1.88. The zero-order valence-corrected chi connectivity index (χ0v) is 7.88. The van der Waals surface area contributed by atoms with E-state index in [0.717, 1.165) is 5.56 Å². The monoisotopic (exact) mass is 192 g/mol. The van der Waals surface area contributed by atoms with Gasteiger partial charge in [0, 0.05) is 5.56 Å². The first-order chi connectivity index (χ1) is 6.83. The fraction of sp³-hybridized carbons (Fsp3) is 0.200. The molecule has 0 saturated heterocycles. The summed E-state index contributed by atoms with van der Waals surface area (Å²) in [5.74, 6) is 0. The van der Waals surface area contributed by atoms with Crippen LogP contribution in [0.1, 0.15) is 18.9 Å². The summed E-state index contributed by atoms with van der Waals surface area (Å²) in [7, 11) is 0. The molecule has 4 heteroatoms. The number of nitrogens with zero attached hydrogens (tertiary/aromatic N) is 2. The Balaban J connectivity index is 3.07. The minimum atomic E-state index is 0.301. The predicted octanol–water partition coefficient (Wildman–Crippen LogP) is 2.11. The van der Waals surface area contributed by atoms with Crippen molar-refractivity contribution in [3.63, 3.8) is 0 Å². The highest BCUT2D eigenvalue weighted by atomic mass is 16.4. The van der Waals surface area contributed by atoms with Crippen molar-refractivity contribution in [3.05, 3.63) is 35.9 Å². The second-order valence-electron chi connectivity index (χ2n) is 2.71. The highest BCUT2D eigenvalue weighted by Crippen LogP contribution is 2.04. The van der Waals surface area contributed by atoms with Crippen LogP contribution in [0.5, 0.6) is 0 Å². The van der Waals surface area contributed by atoms with Gasteiger partial charge in [0.05, 0.1) is 0 Å². The first-order valence-corrected chi connectivity index (χ1v) is 4.32. The Kier molecular flexibility index (Phi) is 3.67. The van der Waals surface area contributed by atoms with Crippen LogP contribution in [-0.4, -0.2) is 21.8 Å². The lowest BCUT2D eigenvalue weighted by Gasteiger charge is -2.03. The zero-order chi connectivity index (χ0) is 10.4. The summed E-state index contributed by atoms with van der Waals surface area (Å²) in [6.45, 7) is 1.82. The predicted molar refractivity (Wildman–Crippen MR) is 54.3 cm³/mol. The van der Waals surface area contributed by atoms with E-state index >= 15 is 0 Å². The second kappa shape index (κ2) is 5.01. The summed E-state index contributed by atoms with van der Waals surface area (Å²) in [5, 5.41) is 23.7. The molecule has 2 N–H and O–H groups in total. The van der Waals surface area contributed by atoms with Crippen LogP contribution in [0.4, 0.5) is 0 Å². The van der Waals surface area contributed by atoms with Crippen LogP contribution in [0, 0.1) is 0 Å². The average molecular weight is 192 g/mol. The van der Waals surface area contributed by atoms with Gasteiger partial charge in [-0.05, 0) is 6.42 Å². The summed E-state index contributed by atoms with van der Waals surface area (Å²) in [6, 6.07) is 9.09. The minimum absolute atomic E-state index is 0.301. The molecule has 0 aliphatic carbocycles. The van der Waals surface area contributed by atoms with E-state index in [4.69, 9.17) is 10.4 Å². The van der Waals surface area contributed by atoms with Gasteiger partial charge in [-0.25, -0.2) is 0 Å². The number of benzene rings is 1. The number of hydrogen-bond donors (Lipinski definition) is 2. The van der Waals surface area contributed by atoms with E-state index in [1.54, 1.807) is 12.1 Å². The fourth-order valence-electron chi connectivity index (χ4n) is 1.16. The molecular formula is C10H12N2O2. The third-order valence-electron chi connectivity index (χ3n) is 1.88. The fourth-order valence-corrected chi connectivity index (χ4v) is 1.16. The van der Waals surface area contributed by atoms with Gasteiger partial charge in [-0.3, -0.25) is 0 Å². The molecule has 0 atom stereocenters. The van der Waals surface area contributed by atoms with Gasteiger partial charge in [-0.15, -0.1) is 0 Å². The molecule has 0 aliphatic heterocycles. The lowest BCUT2D eigenvalue weighted by Crippen LogP contribution is -2.14. The molecular weight excluding hydrogens is 180 g/mol. The van der Waals surface area contributed by atoms with E-state index in [1.807, 2.05) is 25.1 Å². The zero-order valence-electron chi connectivity index (χ0n) is 7.88. The molecule has 0 bridgehead atoms. The maximum atomic E-state index is 8.81. The smallest absolute Gasteiger partial charge is 0.134 e. The van der Waals surface area contributed by atoms with E-state index in [2.05, 4.69) is 10.3 Å². The van der Waals surface area contributed by atoms with E-state index in [1.165, 1.54) is 0 Å². The minimum Gasteiger partial charge on any atom is -0.411 e. The van der Waals surface area contributed by atoms with Crippen LogP contribution in [-0.2, 0) is 0 Å². The Morgan fingerprint density at radius 2 is 1.79 bits per heavy atom. The number of hydrogen-bond acceptors (Lipinski definition) is 4. The summed E-state index contributed by atoms with van der Waals surface area (Å²) < 4.78 is 0. The van der Waals surface area contributed by atoms with Crippen molar-refractivity contribution in [3.8, 4) is 0 Å². The van der Waals surface area contributed by atoms with Crippen molar-refractivity contribution in [1.29, 1.82) is 0 Å². The van der Waals surface area contributed by atoms with Gasteiger partial charge in [0.2, 0.25) is 0 Å². The van der Waals surface area contributed by atoms with Crippen LogP contribution in [0.15, 0.2) is 40.6 Å². The first kappa shape index (κ1) is 10.2. The van der Waals surface area contributed by atoms with Crippen LogP contribution < -0.4 is 0 Å². The third kappa shape index (κ3) is 2.10. The Morgan fingerprint density at radius 3 is 2.21 bits per heavy atom. The van der Waals surface area contributed by atoms with Gasteiger partial charge in [0.25, 0.3) is 0 Å². The lowest BCUT2D eigenvalue weighted by molar-refractivity contribution is 0.313. The summed E-state index contributed by atoms with van der Waals surface area (Å²) in [6.07, 6.45) is 0.505. The molecule has 0 fully saturated rings. The molecule has 0 amide bonds. The molecule has 1 rings (SSSR count). The topological polar surface area (TPSA) is 65.2 Å². The quantitative estimate of drug-likeness (QED) is 0.437. The summed E-state index contributed by atoms with van der Waals surface area (Å²) in [4.78, 5) is 0. The van der Waals surface area contributed by atoms with Crippen molar-refractivity contribution < 1.29 is 10.4 Å². The highest BCUT2D eigenvalue weighted by molar-refractivity contribution is 6.48. The summed E-state index contributed by atoms with van der Waals surface area (Å²) in [5.41, 5.74) is 1.39. The molecule has 0 heterocycles. The van der Waals surface area contributed by atoms with Gasteiger partial charge in [-0.1, -0.05) is 47.6 Å². The van der Waals surface area contributed by atoms with Gasteiger partial charge in [0.15, 0.2) is 0 Å². The molecule has 74 valence electrons. The Labute approximate surface area is 82.2 Å². The van der Waals surface area contributed by atoms with Gasteiger partial charge in [0.1, 0.15) is 11.4 Å². The number of oxime groups is 2. The molecule has 1 aromatic carbocycles. The largest absolute Gasteiger partial charge is 0.411 e. The maximum absolute atomic E-state index is 8.81. The van der Waals surface area contributed by atoms with Crippen LogP contribution >= 0.6 is 0 Å². The molecule has 0 unspecified atom stereocenters. The standard InChI is InChI=1S/C10H12N2O2/c1-2-9(11-13)10(12-14)8-6-4-3-5-7-8/h3-7,13-14H,2H2,1H3. The Bertz CT molecular complexity index is 344. The normalized spacial score (nSPS) is 12.9. The number of rotatable bonds is 3. The van der Waals surface area contributed by atoms with E-state index in [0.29, 0.717) is 17.8 Å².